The van der Waals surface area contributed by atoms with Gasteiger partial charge in [-0.2, -0.15) is 13.2 Å². The van der Waals surface area contributed by atoms with Crippen LogP contribution in [0, 0.1) is 0 Å². The van der Waals surface area contributed by atoms with Crippen molar-refractivity contribution < 1.29 is 26.7 Å². The van der Waals surface area contributed by atoms with E-state index in [9.17, 15) is 21.9 Å². The first-order valence-corrected chi connectivity index (χ1v) is 10.1. The molecular weight excluding hydrogens is 393 g/mol. The third-order valence-corrected chi connectivity index (χ3v) is 6.37. The van der Waals surface area contributed by atoms with Gasteiger partial charge in [-0.25, -0.2) is 0 Å². The van der Waals surface area contributed by atoms with E-state index in [1.807, 2.05) is 0 Å². The van der Waals surface area contributed by atoms with E-state index in [4.69, 9.17) is 4.74 Å². The largest absolute Gasteiger partial charge is 0.593 e. The van der Waals surface area contributed by atoms with Crippen LogP contribution in [0.3, 0.4) is 0 Å². The molecule has 0 bridgehead atoms. The highest BCUT2D eigenvalue weighted by Crippen LogP contribution is 2.31. The molecule has 152 valence electrons. The van der Waals surface area contributed by atoms with E-state index < -0.39 is 22.1 Å². The highest BCUT2D eigenvalue weighted by atomic mass is 32.3. The zero-order valence-electron chi connectivity index (χ0n) is 15.5. The lowest BCUT2D eigenvalue weighted by molar-refractivity contribution is -0.137. The Hall–Kier alpha value is -1.94. The highest BCUT2D eigenvalue weighted by Gasteiger charge is 2.30. The summed E-state index contributed by atoms with van der Waals surface area (Å²) in [6.45, 7) is 1.92. The van der Waals surface area contributed by atoms with Crippen LogP contribution in [0.15, 0.2) is 47.4 Å². The molecule has 0 radical (unpaired) electrons. The number of fused-ring (bicyclic) bond motifs is 1. The third kappa shape index (κ3) is 4.54. The molecule has 1 aliphatic rings. The lowest BCUT2D eigenvalue weighted by atomic mass is 10.1. The molecule has 0 saturated carbocycles. The number of nitrogens with zero attached hydrogens (tertiary/aromatic N) is 2. The number of ether oxygens (including phenoxy) is 1. The number of hydrogen-bond donors (Lipinski definition) is 0. The Morgan fingerprint density at radius 1 is 1.18 bits per heavy atom. The molecule has 2 aromatic rings. The van der Waals surface area contributed by atoms with Crippen molar-refractivity contribution in [3.63, 3.8) is 0 Å². The number of alkyl halides is 3. The molecule has 1 unspecified atom stereocenters. The Labute approximate surface area is 163 Å². The van der Waals surface area contributed by atoms with Gasteiger partial charge < -0.3 is 9.29 Å². The van der Waals surface area contributed by atoms with Crippen molar-refractivity contribution in [3.8, 4) is 5.75 Å². The smallest absolute Gasteiger partial charge is 0.416 e. The van der Waals surface area contributed by atoms with Gasteiger partial charge in [-0.1, -0.05) is 16.3 Å². The van der Waals surface area contributed by atoms with E-state index >= 15 is 0 Å². The van der Waals surface area contributed by atoms with Gasteiger partial charge in [-0.3, -0.25) is 4.90 Å². The summed E-state index contributed by atoms with van der Waals surface area (Å²) in [5.74, 6) is 0.512. The molecule has 2 aromatic carbocycles. The molecule has 1 atom stereocenters. The Kier molecular flexibility index (Phi) is 5.81. The lowest BCUT2D eigenvalue weighted by Gasteiger charge is -2.21. The topological polar surface area (TPSA) is 55.8 Å². The van der Waals surface area contributed by atoms with Crippen LogP contribution < -0.4 is 4.74 Å². The molecule has 0 spiro atoms. The van der Waals surface area contributed by atoms with Gasteiger partial charge in [0.2, 0.25) is 0 Å². The van der Waals surface area contributed by atoms with Gasteiger partial charge in [0.15, 0.2) is 15.3 Å². The maximum absolute atomic E-state index is 12.7. The molecule has 1 heterocycles. The second-order valence-corrected chi connectivity index (χ2v) is 8.96. The lowest BCUT2D eigenvalue weighted by Crippen LogP contribution is -2.29. The fourth-order valence-corrected chi connectivity index (χ4v) is 3.89. The van der Waals surface area contributed by atoms with Crippen LogP contribution in [-0.4, -0.2) is 41.0 Å². The van der Waals surface area contributed by atoms with Crippen LogP contribution in [0.2, 0.25) is 0 Å². The first kappa shape index (κ1) is 20.8. The maximum atomic E-state index is 12.7. The predicted molar refractivity (Wildman–Crippen MR) is 98.3 cm³/mol. The predicted octanol–water partition coefficient (Wildman–Crippen LogP) is 3.57. The summed E-state index contributed by atoms with van der Waals surface area (Å²) in [5.41, 5.74) is 0.931. The maximum Gasteiger partial charge on any atom is 0.416 e. The molecule has 3 rings (SSSR count). The summed E-state index contributed by atoms with van der Waals surface area (Å²) >= 11 is 0. The second kappa shape index (κ2) is 7.82. The molecule has 0 amide bonds. The van der Waals surface area contributed by atoms with E-state index in [0.29, 0.717) is 32.0 Å². The summed E-state index contributed by atoms with van der Waals surface area (Å²) in [4.78, 5) is 2.21. The number of benzene rings is 2. The molecule has 1 aliphatic heterocycles. The first-order valence-electron chi connectivity index (χ1n) is 8.64. The number of sulfonamides is 1. The van der Waals surface area contributed by atoms with Crippen molar-refractivity contribution in [1.82, 2.24) is 9.21 Å². The quantitative estimate of drug-likeness (QED) is 0.718. The zero-order valence-corrected chi connectivity index (χ0v) is 16.3. The molecule has 0 saturated heterocycles. The Morgan fingerprint density at radius 3 is 2.46 bits per heavy atom. The standard InChI is InChI=1S/C19H21F3N2O3S/c1-23(2)28(25,26)17-8-5-15-13-24(9-10-27-18(15)11-17)12-14-3-6-16(7-4-14)19(20,21)22/h3-8,11H,9-10,12-13H2,1-2H3. The minimum Gasteiger partial charge on any atom is -0.593 e. The minimum atomic E-state index is -4.35. The molecular formula is C19H21F3N2O3S. The van der Waals surface area contributed by atoms with Crippen molar-refractivity contribution in [2.45, 2.75) is 24.2 Å². The van der Waals surface area contributed by atoms with Crippen LogP contribution in [0.5, 0.6) is 5.75 Å². The average molecular weight is 414 g/mol. The van der Waals surface area contributed by atoms with Crippen LogP contribution >= 0.6 is 0 Å². The summed E-state index contributed by atoms with van der Waals surface area (Å²) in [7, 11) is -0.621. The molecule has 0 aromatic heterocycles. The van der Waals surface area contributed by atoms with Gasteiger partial charge in [0.25, 0.3) is 0 Å². The summed E-state index contributed by atoms with van der Waals surface area (Å²) < 4.78 is 69.5. The Bertz CT molecular complexity index is 885. The van der Waals surface area contributed by atoms with E-state index in [2.05, 4.69) is 4.90 Å². The first-order chi connectivity index (χ1) is 13.1. The fourth-order valence-electron chi connectivity index (χ4n) is 2.97. The van der Waals surface area contributed by atoms with E-state index in [0.717, 1.165) is 27.6 Å². The van der Waals surface area contributed by atoms with E-state index in [1.54, 1.807) is 12.1 Å². The molecule has 9 heteroatoms. The van der Waals surface area contributed by atoms with Crippen LogP contribution in [0.1, 0.15) is 16.7 Å². The number of hydrogen-bond acceptors (Lipinski definition) is 4. The minimum absolute atomic E-state index is 0.160. The van der Waals surface area contributed by atoms with Gasteiger partial charge in [-0.15, -0.1) is 4.31 Å². The molecule has 28 heavy (non-hydrogen) atoms. The van der Waals surface area contributed by atoms with Crippen molar-refractivity contribution in [2.75, 3.05) is 27.2 Å². The van der Waals surface area contributed by atoms with Crippen molar-refractivity contribution in [1.29, 1.82) is 0 Å². The number of rotatable bonds is 4. The number of halogens is 3. The van der Waals surface area contributed by atoms with Crippen LogP contribution in [0.4, 0.5) is 13.2 Å². The van der Waals surface area contributed by atoms with Crippen LogP contribution in [-0.2, 0) is 33.9 Å². The summed E-state index contributed by atoms with van der Waals surface area (Å²) in [6, 6.07) is 9.89. The highest BCUT2D eigenvalue weighted by molar-refractivity contribution is 7.95. The van der Waals surface area contributed by atoms with Gasteiger partial charge in [0.05, 0.1) is 5.56 Å². The van der Waals surface area contributed by atoms with Crippen LogP contribution in [0.25, 0.3) is 0 Å². The Morgan fingerprint density at radius 2 is 1.86 bits per heavy atom. The van der Waals surface area contributed by atoms with Gasteiger partial charge in [0, 0.05) is 45.4 Å². The van der Waals surface area contributed by atoms with Gasteiger partial charge >= 0.3 is 6.18 Å². The van der Waals surface area contributed by atoms with Crippen molar-refractivity contribution in [3.05, 3.63) is 59.2 Å². The fraction of sp³-hybridized carbons (Fsp3) is 0.368. The molecule has 5 nitrogen and oxygen atoms in total. The van der Waals surface area contributed by atoms with Crippen molar-refractivity contribution >= 4 is 10.4 Å². The summed E-state index contributed by atoms with van der Waals surface area (Å²) in [6.07, 6.45) is -4.35. The average Bonchev–Trinajstić information content (AvgIpc) is 2.82. The van der Waals surface area contributed by atoms with Crippen molar-refractivity contribution in [2.24, 2.45) is 0 Å². The van der Waals surface area contributed by atoms with E-state index in [-0.39, 0.29) is 4.90 Å². The van der Waals surface area contributed by atoms with Gasteiger partial charge in [-0.05, 0) is 29.8 Å². The Balaban J connectivity index is 1.75. The summed E-state index contributed by atoms with van der Waals surface area (Å²) in [5, 5.41) is 0. The zero-order chi connectivity index (χ0) is 20.5. The molecule has 0 N–H and O–H groups in total. The molecule has 0 fully saturated rings. The monoisotopic (exact) mass is 414 g/mol. The normalized spacial score (nSPS) is 17.5. The van der Waals surface area contributed by atoms with Gasteiger partial charge in [0.1, 0.15) is 12.4 Å². The molecule has 0 aliphatic carbocycles. The third-order valence-electron chi connectivity index (χ3n) is 4.56. The SMILES string of the molecule is CN(C)[S+](=O)([O-])c1ccc2c(c1)OCCN(Cc1ccc(C(F)(F)F)cc1)C2. The van der Waals surface area contributed by atoms with E-state index in [1.165, 1.54) is 32.3 Å². The second-order valence-electron chi connectivity index (χ2n) is 6.81.